The molecule has 0 bridgehead atoms. The molecule has 0 saturated carbocycles. The number of piperazine rings is 2. The molecular weight excluding hydrogens is 788 g/mol. The van der Waals surface area contributed by atoms with E-state index in [0.29, 0.717) is 57.1 Å². The fraction of sp³-hybridized carbons (Fsp3) is 0.343. The Bertz CT molecular complexity index is 2240. The van der Waals surface area contributed by atoms with Crippen molar-refractivity contribution in [3.63, 3.8) is 0 Å². The first-order valence-electron chi connectivity index (χ1n) is 16.5. The summed E-state index contributed by atoms with van der Waals surface area (Å²) in [5.74, 6) is -0.309. The Balaban J connectivity index is 1.04. The Morgan fingerprint density at radius 2 is 1.45 bits per heavy atom. The molecule has 2 fully saturated rings. The van der Waals surface area contributed by atoms with Crippen molar-refractivity contribution in [1.29, 1.82) is 0 Å². The van der Waals surface area contributed by atoms with Crippen LogP contribution in [-0.2, 0) is 44.2 Å². The molecule has 9 nitrogen and oxygen atoms in total. The minimum atomic E-state index is -3.79. The maximum atomic E-state index is 14.2. The van der Waals surface area contributed by atoms with Crippen LogP contribution in [0.25, 0.3) is 10.8 Å². The molecular formula is C35H36Cl2N4O5S5. The van der Waals surface area contributed by atoms with E-state index in [9.17, 15) is 21.6 Å². The zero-order valence-electron chi connectivity index (χ0n) is 27.5. The van der Waals surface area contributed by atoms with Crippen molar-refractivity contribution < 1.29 is 21.6 Å². The maximum absolute atomic E-state index is 14.2. The zero-order chi connectivity index (χ0) is 35.8. The molecule has 2 aliphatic rings. The van der Waals surface area contributed by atoms with E-state index < -0.39 is 20.0 Å². The fourth-order valence-corrected chi connectivity index (χ4v) is 13.2. The maximum Gasteiger partial charge on any atom is 0.252 e. The van der Waals surface area contributed by atoms with Crippen LogP contribution < -0.4 is 0 Å². The molecule has 3 aromatic heterocycles. The van der Waals surface area contributed by atoms with Crippen LogP contribution in [0, 0.1) is 0 Å². The van der Waals surface area contributed by atoms with Crippen molar-refractivity contribution in [3.05, 3.63) is 102 Å². The molecule has 5 aromatic rings. The number of benzene rings is 2. The third kappa shape index (κ3) is 8.10. The van der Waals surface area contributed by atoms with Crippen molar-refractivity contribution >= 4 is 93.9 Å². The van der Waals surface area contributed by atoms with Crippen LogP contribution in [0.1, 0.15) is 26.4 Å². The Hall–Kier alpha value is -2.37. The monoisotopic (exact) mass is 822 g/mol. The molecule has 2 aliphatic heterocycles. The topological polar surface area (TPSA) is 98.3 Å². The van der Waals surface area contributed by atoms with Crippen LogP contribution in [0.2, 0.25) is 4.34 Å². The molecule has 270 valence electrons. The Morgan fingerprint density at radius 3 is 2.14 bits per heavy atom. The smallest absolute Gasteiger partial charge is 0.252 e. The Labute approximate surface area is 320 Å². The average Bonchev–Trinajstić information content (AvgIpc) is 3.92. The number of halogens is 2. The van der Waals surface area contributed by atoms with Crippen LogP contribution >= 0.6 is 57.2 Å². The normalized spacial score (nSPS) is 17.0. The van der Waals surface area contributed by atoms with Crippen molar-refractivity contribution in [2.24, 2.45) is 0 Å². The highest BCUT2D eigenvalue weighted by Crippen LogP contribution is 2.33. The summed E-state index contributed by atoms with van der Waals surface area (Å²) in [7, 11) is -7.47. The number of thiophene rings is 3. The van der Waals surface area contributed by atoms with Gasteiger partial charge in [0, 0.05) is 80.5 Å². The third-order valence-corrected chi connectivity index (χ3v) is 17.0. The number of hydrogen-bond acceptors (Lipinski definition) is 9. The summed E-state index contributed by atoms with van der Waals surface area (Å²) in [5, 5.41) is 5.79. The van der Waals surface area contributed by atoms with Crippen LogP contribution in [0.4, 0.5) is 0 Å². The van der Waals surface area contributed by atoms with Crippen molar-refractivity contribution in [2.75, 3.05) is 58.2 Å². The third-order valence-electron chi connectivity index (χ3n) is 9.39. The van der Waals surface area contributed by atoms with Gasteiger partial charge in [0.2, 0.25) is 15.9 Å². The van der Waals surface area contributed by atoms with Gasteiger partial charge in [-0.15, -0.1) is 34.3 Å². The van der Waals surface area contributed by atoms with Gasteiger partial charge >= 0.3 is 0 Å². The van der Waals surface area contributed by atoms with Gasteiger partial charge in [0.25, 0.3) is 10.0 Å². The quantitative estimate of drug-likeness (QED) is 0.143. The lowest BCUT2D eigenvalue weighted by Gasteiger charge is -2.34. The van der Waals surface area contributed by atoms with E-state index in [-0.39, 0.29) is 29.1 Å². The van der Waals surface area contributed by atoms with Crippen LogP contribution in [0.3, 0.4) is 0 Å². The number of hydrogen-bond donors (Lipinski definition) is 0. The number of amides is 1. The lowest BCUT2D eigenvalue weighted by atomic mass is 9.94. The predicted octanol–water partition coefficient (Wildman–Crippen LogP) is 6.44. The zero-order valence-corrected chi connectivity index (χ0v) is 33.1. The van der Waals surface area contributed by atoms with Gasteiger partial charge in [-0.25, -0.2) is 16.8 Å². The van der Waals surface area contributed by atoms with Crippen molar-refractivity contribution in [2.45, 2.75) is 28.5 Å². The molecule has 0 unspecified atom stereocenters. The fourth-order valence-electron chi connectivity index (χ4n) is 6.65. The van der Waals surface area contributed by atoms with Crippen LogP contribution in [0.5, 0.6) is 0 Å². The number of carbonyl (C=O) groups excluding carboxylic acids is 1. The lowest BCUT2D eigenvalue weighted by Crippen LogP contribution is -2.50. The first kappa shape index (κ1) is 37.0. The molecule has 0 aliphatic carbocycles. The molecule has 0 spiro atoms. The van der Waals surface area contributed by atoms with Crippen molar-refractivity contribution in [3.8, 4) is 0 Å². The van der Waals surface area contributed by atoms with Gasteiger partial charge in [0.1, 0.15) is 10.1 Å². The minimum absolute atomic E-state index is 0.116. The molecule has 0 radical (unpaired) electrons. The summed E-state index contributed by atoms with van der Waals surface area (Å²) in [5.41, 5.74) is 3.44. The highest BCUT2D eigenvalue weighted by molar-refractivity contribution is 7.91. The number of alkyl halides is 1. The van der Waals surface area contributed by atoms with E-state index in [1.165, 1.54) is 21.2 Å². The average molecular weight is 824 g/mol. The van der Waals surface area contributed by atoms with E-state index in [1.54, 1.807) is 44.0 Å². The molecule has 1 amide bonds. The van der Waals surface area contributed by atoms with E-state index in [0.717, 1.165) is 42.4 Å². The van der Waals surface area contributed by atoms with Gasteiger partial charge in [-0.3, -0.25) is 9.69 Å². The van der Waals surface area contributed by atoms with E-state index in [4.69, 9.17) is 23.2 Å². The first-order chi connectivity index (χ1) is 24.5. The van der Waals surface area contributed by atoms with Gasteiger partial charge in [-0.05, 0) is 81.7 Å². The number of rotatable bonds is 11. The van der Waals surface area contributed by atoms with E-state index in [2.05, 4.69) is 33.9 Å². The van der Waals surface area contributed by atoms with Gasteiger partial charge in [0.15, 0.2) is 0 Å². The lowest BCUT2D eigenvalue weighted by molar-refractivity contribution is -0.129. The van der Waals surface area contributed by atoms with Gasteiger partial charge in [0.05, 0.1) is 9.23 Å². The first-order valence-corrected chi connectivity index (χ1v) is 22.8. The Morgan fingerprint density at radius 1 is 0.745 bits per heavy atom. The van der Waals surface area contributed by atoms with E-state index >= 15 is 0 Å². The number of fused-ring (bicyclic) bond motifs is 1. The SMILES string of the molecule is O=C(CCl)N1CCN(S(=O)(=O)c2ccc(CN3CCN(S(=O)(=O)c4cccc5cc(Cc6ccc(Cl)s6)c(Cc6ccsc6)cc45)CC3)s2)CC1. The number of sulfonamides is 2. The summed E-state index contributed by atoms with van der Waals surface area (Å²) in [4.78, 5) is 18.0. The summed E-state index contributed by atoms with van der Waals surface area (Å²) in [6.45, 7) is 3.34. The standard InChI is InChI=1S/C35H36Cl2N4O5S5/c36-22-34(42)39-11-15-41(16-12-39)51(45,46)35-7-5-30(49-35)23-38-9-13-40(14-10-38)50(43,44)32-3-1-2-26-19-28(20-29-4-6-33(37)48-29)27(21-31(26)32)18-25-8-17-47-24-25/h1-8,17,19,21,24H,9-16,18,20,22-23H2. The van der Waals surface area contributed by atoms with Crippen molar-refractivity contribution in [1.82, 2.24) is 18.4 Å². The summed E-state index contributed by atoms with van der Waals surface area (Å²) in [6.07, 6.45) is 1.43. The predicted molar refractivity (Wildman–Crippen MR) is 208 cm³/mol. The Kier molecular flexibility index (Phi) is 11.3. The molecule has 5 heterocycles. The molecule has 2 saturated heterocycles. The highest BCUT2D eigenvalue weighted by Gasteiger charge is 2.33. The number of carbonyl (C=O) groups is 1. The van der Waals surface area contributed by atoms with Gasteiger partial charge in [-0.2, -0.15) is 19.9 Å². The molecule has 2 aromatic carbocycles. The molecule has 51 heavy (non-hydrogen) atoms. The molecule has 16 heteroatoms. The molecule has 7 rings (SSSR count). The van der Waals surface area contributed by atoms with E-state index in [1.807, 2.05) is 30.3 Å². The second-order valence-corrected chi connectivity index (χ2v) is 20.7. The summed E-state index contributed by atoms with van der Waals surface area (Å²) >= 11 is 16.3. The second-order valence-electron chi connectivity index (χ2n) is 12.6. The molecule has 0 atom stereocenters. The van der Waals surface area contributed by atoms with Crippen LogP contribution in [-0.4, -0.2) is 99.4 Å². The number of nitrogens with zero attached hydrogens (tertiary/aromatic N) is 4. The highest BCUT2D eigenvalue weighted by atomic mass is 35.5. The minimum Gasteiger partial charge on any atom is -0.339 e. The summed E-state index contributed by atoms with van der Waals surface area (Å²) in [6, 6.07) is 19.2. The largest absolute Gasteiger partial charge is 0.339 e. The molecule has 0 N–H and O–H groups in total. The second kappa shape index (κ2) is 15.5. The van der Waals surface area contributed by atoms with Gasteiger partial charge < -0.3 is 4.90 Å². The van der Waals surface area contributed by atoms with Gasteiger partial charge in [-0.1, -0.05) is 29.8 Å². The summed E-state index contributed by atoms with van der Waals surface area (Å²) < 4.78 is 59.1. The van der Waals surface area contributed by atoms with Crippen LogP contribution in [0.15, 0.2) is 80.5 Å².